The second-order valence-corrected chi connectivity index (χ2v) is 8.95. The van der Waals surface area contributed by atoms with E-state index in [1.807, 2.05) is 24.3 Å². The van der Waals surface area contributed by atoms with E-state index in [1.165, 1.54) is 11.0 Å². The van der Waals surface area contributed by atoms with Gasteiger partial charge in [-0.25, -0.2) is 0 Å². The Hall–Kier alpha value is -3.43. The molecule has 1 saturated heterocycles. The first kappa shape index (κ1) is 22.8. The summed E-state index contributed by atoms with van der Waals surface area (Å²) in [6.45, 7) is 0.256. The van der Waals surface area contributed by atoms with Crippen LogP contribution in [0, 0.1) is 10.1 Å². The van der Waals surface area contributed by atoms with Crippen LogP contribution in [0.4, 0.5) is 10.5 Å². The molecule has 166 valence electrons. The maximum atomic E-state index is 12.8. The molecule has 0 aliphatic carbocycles. The second kappa shape index (κ2) is 10.0. The number of amides is 2. The van der Waals surface area contributed by atoms with E-state index in [-0.39, 0.29) is 30.0 Å². The van der Waals surface area contributed by atoms with Crippen molar-refractivity contribution in [3.05, 3.63) is 109 Å². The normalized spacial score (nSPS) is 14.7. The van der Waals surface area contributed by atoms with Gasteiger partial charge in [-0.05, 0) is 53.2 Å². The molecule has 3 aromatic carbocycles. The van der Waals surface area contributed by atoms with Gasteiger partial charge in [0.1, 0.15) is 12.4 Å². The molecule has 0 saturated carbocycles. The highest BCUT2D eigenvalue weighted by Gasteiger charge is 2.35. The van der Waals surface area contributed by atoms with Crippen molar-refractivity contribution in [1.29, 1.82) is 0 Å². The number of imide groups is 1. The van der Waals surface area contributed by atoms with Crippen LogP contribution in [0.3, 0.4) is 0 Å². The number of rotatable bonds is 7. The van der Waals surface area contributed by atoms with Crippen molar-refractivity contribution in [2.45, 2.75) is 13.2 Å². The van der Waals surface area contributed by atoms with E-state index in [9.17, 15) is 19.7 Å². The summed E-state index contributed by atoms with van der Waals surface area (Å²) in [6, 6.07) is 20.8. The summed E-state index contributed by atoms with van der Waals surface area (Å²) in [5.74, 6) is 0.199. The lowest BCUT2D eigenvalue weighted by atomic mass is 10.2. The molecule has 33 heavy (non-hydrogen) atoms. The number of nitro benzene ring substituents is 1. The topological polar surface area (TPSA) is 89.7 Å². The molecular weight excluding hydrogens is 508 g/mol. The third kappa shape index (κ3) is 5.32. The van der Waals surface area contributed by atoms with Crippen LogP contribution >= 0.6 is 27.7 Å². The van der Waals surface area contributed by atoms with Gasteiger partial charge in [-0.3, -0.25) is 24.6 Å². The minimum absolute atomic E-state index is 0.00683. The minimum atomic E-state index is -0.439. The number of nitrogens with zero attached hydrogens (tertiary/aromatic N) is 2. The van der Waals surface area contributed by atoms with Gasteiger partial charge in [-0.15, -0.1) is 0 Å². The molecule has 1 fully saturated rings. The van der Waals surface area contributed by atoms with E-state index < -0.39 is 4.92 Å². The van der Waals surface area contributed by atoms with Crippen molar-refractivity contribution in [1.82, 2.24) is 4.90 Å². The summed E-state index contributed by atoms with van der Waals surface area (Å²) in [6.07, 6.45) is 1.66. The number of hydrogen-bond acceptors (Lipinski definition) is 6. The van der Waals surface area contributed by atoms with Gasteiger partial charge < -0.3 is 4.74 Å². The Labute approximate surface area is 202 Å². The number of carbonyl (C=O) groups excluding carboxylic acids is 2. The Balaban J connectivity index is 1.42. The average Bonchev–Trinajstić information content (AvgIpc) is 3.07. The lowest BCUT2D eigenvalue weighted by Crippen LogP contribution is -2.27. The first-order chi connectivity index (χ1) is 15.9. The third-order valence-corrected chi connectivity index (χ3v) is 6.60. The van der Waals surface area contributed by atoms with Crippen molar-refractivity contribution in [3.63, 3.8) is 0 Å². The van der Waals surface area contributed by atoms with Crippen LogP contribution in [0.1, 0.15) is 16.7 Å². The maximum Gasteiger partial charge on any atom is 0.293 e. The van der Waals surface area contributed by atoms with Crippen LogP contribution in [0.5, 0.6) is 5.75 Å². The third-order valence-electron chi connectivity index (χ3n) is 4.92. The van der Waals surface area contributed by atoms with E-state index in [2.05, 4.69) is 15.9 Å². The van der Waals surface area contributed by atoms with Crippen molar-refractivity contribution in [2.75, 3.05) is 0 Å². The van der Waals surface area contributed by atoms with Gasteiger partial charge >= 0.3 is 0 Å². The molecule has 1 heterocycles. The Morgan fingerprint density at radius 2 is 1.64 bits per heavy atom. The highest BCUT2D eigenvalue weighted by molar-refractivity contribution is 9.10. The van der Waals surface area contributed by atoms with E-state index in [0.717, 1.165) is 27.4 Å². The molecule has 1 aliphatic heterocycles. The summed E-state index contributed by atoms with van der Waals surface area (Å²) in [7, 11) is 0. The Kier molecular flexibility index (Phi) is 6.90. The van der Waals surface area contributed by atoms with Gasteiger partial charge in [-0.1, -0.05) is 58.4 Å². The number of para-hydroxylation sites is 1. The SMILES string of the molecule is O=C1S/C(=C\c2ccc(OCc3ccccc3[N+](=O)[O-])cc2)C(=O)N1Cc1ccccc1Br. The molecular formula is C24H17BrN2O5S. The number of carbonyl (C=O) groups is 2. The number of hydrogen-bond donors (Lipinski definition) is 0. The number of ether oxygens (including phenoxy) is 1. The number of benzene rings is 3. The molecule has 3 aromatic rings. The smallest absolute Gasteiger partial charge is 0.293 e. The molecule has 0 bridgehead atoms. The van der Waals surface area contributed by atoms with Crippen molar-refractivity contribution in [3.8, 4) is 5.75 Å². The zero-order valence-corrected chi connectivity index (χ0v) is 19.5. The van der Waals surface area contributed by atoms with E-state index in [4.69, 9.17) is 4.74 Å². The summed E-state index contributed by atoms with van der Waals surface area (Å²) in [4.78, 5) is 37.4. The maximum absolute atomic E-state index is 12.8. The number of nitro groups is 1. The predicted molar refractivity (Wildman–Crippen MR) is 130 cm³/mol. The lowest BCUT2D eigenvalue weighted by Gasteiger charge is -2.13. The van der Waals surface area contributed by atoms with Crippen LogP contribution in [-0.4, -0.2) is 21.0 Å². The molecule has 0 radical (unpaired) electrons. The van der Waals surface area contributed by atoms with E-state index in [1.54, 1.807) is 48.5 Å². The van der Waals surface area contributed by atoms with Crippen molar-refractivity contribution < 1.29 is 19.2 Å². The molecule has 2 amide bonds. The quantitative estimate of drug-likeness (QED) is 0.208. The van der Waals surface area contributed by atoms with Gasteiger partial charge in [-0.2, -0.15) is 0 Å². The van der Waals surface area contributed by atoms with Crippen LogP contribution < -0.4 is 4.74 Å². The largest absolute Gasteiger partial charge is 0.489 e. The molecule has 0 atom stereocenters. The standard InChI is InChI=1S/C24H17BrN2O5S/c25-20-7-3-1-5-17(20)14-26-23(28)22(33-24(26)29)13-16-9-11-19(12-10-16)32-15-18-6-2-4-8-21(18)27(30)31/h1-13H,14-15H2/b22-13-. The summed E-state index contributed by atoms with van der Waals surface area (Å²) in [5.41, 5.74) is 2.07. The molecule has 0 spiro atoms. The van der Waals surface area contributed by atoms with Crippen molar-refractivity contribution >= 4 is 50.6 Å². The van der Waals surface area contributed by atoms with Gasteiger partial charge in [0.25, 0.3) is 16.8 Å². The minimum Gasteiger partial charge on any atom is -0.489 e. The average molecular weight is 525 g/mol. The highest BCUT2D eigenvalue weighted by atomic mass is 79.9. The molecule has 1 aliphatic rings. The number of thioether (sulfide) groups is 1. The van der Waals surface area contributed by atoms with Crippen LogP contribution in [0.15, 0.2) is 82.2 Å². The lowest BCUT2D eigenvalue weighted by molar-refractivity contribution is -0.385. The first-order valence-electron chi connectivity index (χ1n) is 9.86. The van der Waals surface area contributed by atoms with Crippen LogP contribution in [0.2, 0.25) is 0 Å². The molecule has 0 unspecified atom stereocenters. The summed E-state index contributed by atoms with van der Waals surface area (Å²) >= 11 is 4.35. The number of halogens is 1. The molecule has 0 aromatic heterocycles. The van der Waals surface area contributed by atoms with Gasteiger partial charge in [0.15, 0.2) is 0 Å². The van der Waals surface area contributed by atoms with E-state index in [0.29, 0.717) is 16.2 Å². The Bertz CT molecular complexity index is 1260. The van der Waals surface area contributed by atoms with Gasteiger partial charge in [0, 0.05) is 10.5 Å². The van der Waals surface area contributed by atoms with Crippen LogP contribution in [0.25, 0.3) is 6.08 Å². The summed E-state index contributed by atoms with van der Waals surface area (Å²) < 4.78 is 6.51. The van der Waals surface area contributed by atoms with Gasteiger partial charge in [0.05, 0.1) is 21.9 Å². The van der Waals surface area contributed by atoms with Gasteiger partial charge in [0.2, 0.25) is 0 Å². The zero-order chi connectivity index (χ0) is 23.4. The molecule has 0 N–H and O–H groups in total. The highest BCUT2D eigenvalue weighted by Crippen LogP contribution is 2.34. The fourth-order valence-corrected chi connectivity index (χ4v) is 4.47. The van der Waals surface area contributed by atoms with E-state index >= 15 is 0 Å². The Morgan fingerprint density at radius 3 is 2.33 bits per heavy atom. The molecule has 7 nitrogen and oxygen atoms in total. The first-order valence-corrected chi connectivity index (χ1v) is 11.5. The Morgan fingerprint density at radius 1 is 0.970 bits per heavy atom. The second-order valence-electron chi connectivity index (χ2n) is 7.10. The molecule has 9 heteroatoms. The molecule has 4 rings (SSSR count). The predicted octanol–water partition coefficient (Wildman–Crippen LogP) is 6.17. The fourth-order valence-electron chi connectivity index (χ4n) is 3.22. The fraction of sp³-hybridized carbons (Fsp3) is 0.0833. The monoisotopic (exact) mass is 524 g/mol. The van der Waals surface area contributed by atoms with Crippen LogP contribution in [-0.2, 0) is 17.9 Å². The van der Waals surface area contributed by atoms with Crippen molar-refractivity contribution in [2.24, 2.45) is 0 Å². The zero-order valence-electron chi connectivity index (χ0n) is 17.1. The summed E-state index contributed by atoms with van der Waals surface area (Å²) in [5, 5.41) is 10.8.